The molecule has 17 heavy (non-hydrogen) atoms. The molecule has 2 atom stereocenters. The second-order valence-electron chi connectivity index (χ2n) is 4.91. The number of rotatable bonds is 5. The van der Waals surface area contributed by atoms with Crippen molar-refractivity contribution in [3.8, 4) is 0 Å². The fourth-order valence-electron chi connectivity index (χ4n) is 1.06. The fraction of sp³-hybridized carbons (Fsp3) is 0.700. The second kappa shape index (κ2) is 5.62. The van der Waals surface area contributed by atoms with Gasteiger partial charge in [-0.3, -0.25) is 9.59 Å². The minimum absolute atomic E-state index is 0.460. The maximum Gasteiger partial charge on any atom is 0.326 e. The van der Waals surface area contributed by atoms with Gasteiger partial charge in [0.05, 0.1) is 12.5 Å². The Hall–Kier alpha value is -1.63. The van der Waals surface area contributed by atoms with E-state index < -0.39 is 41.7 Å². The minimum atomic E-state index is -1.34. The summed E-state index contributed by atoms with van der Waals surface area (Å²) in [6.07, 6.45) is -0.460. The molecule has 0 radical (unpaired) electrons. The van der Waals surface area contributed by atoms with Crippen LogP contribution in [0, 0.1) is 5.41 Å². The summed E-state index contributed by atoms with van der Waals surface area (Å²) in [6.45, 7) is 5.25. The van der Waals surface area contributed by atoms with Crippen molar-refractivity contribution in [3.63, 3.8) is 0 Å². The molecular weight excluding hydrogens is 226 g/mol. The lowest BCUT2D eigenvalue weighted by molar-refractivity contribution is -0.143. The number of primary amides is 1. The van der Waals surface area contributed by atoms with E-state index in [1.54, 1.807) is 20.8 Å². The van der Waals surface area contributed by atoms with Crippen LogP contribution in [-0.2, 0) is 14.4 Å². The van der Waals surface area contributed by atoms with E-state index in [1.165, 1.54) is 0 Å². The van der Waals surface area contributed by atoms with Gasteiger partial charge >= 0.3 is 5.97 Å². The van der Waals surface area contributed by atoms with E-state index in [0.717, 1.165) is 0 Å². The van der Waals surface area contributed by atoms with Crippen molar-refractivity contribution in [1.82, 2.24) is 5.32 Å². The highest BCUT2D eigenvalue weighted by Gasteiger charge is 2.31. The van der Waals surface area contributed by atoms with Gasteiger partial charge in [0.1, 0.15) is 6.04 Å². The number of amides is 2. The first-order valence-electron chi connectivity index (χ1n) is 5.12. The van der Waals surface area contributed by atoms with E-state index in [2.05, 4.69) is 5.32 Å². The van der Waals surface area contributed by atoms with Crippen molar-refractivity contribution in [2.45, 2.75) is 39.3 Å². The highest BCUT2D eigenvalue weighted by molar-refractivity contribution is 5.90. The van der Waals surface area contributed by atoms with Crippen molar-refractivity contribution in [2.75, 3.05) is 0 Å². The Kier molecular flexibility index (Phi) is 5.09. The van der Waals surface area contributed by atoms with Gasteiger partial charge in [0.15, 0.2) is 0 Å². The van der Waals surface area contributed by atoms with Crippen molar-refractivity contribution in [2.24, 2.45) is 16.9 Å². The molecule has 0 bridgehead atoms. The van der Waals surface area contributed by atoms with Gasteiger partial charge in [0.25, 0.3) is 0 Å². The number of aliphatic carboxylic acids is 1. The van der Waals surface area contributed by atoms with E-state index in [1.807, 2.05) is 0 Å². The smallest absolute Gasteiger partial charge is 0.326 e. The largest absolute Gasteiger partial charge is 0.480 e. The topological polar surface area (TPSA) is 136 Å². The van der Waals surface area contributed by atoms with Crippen LogP contribution in [-0.4, -0.2) is 35.0 Å². The first-order chi connectivity index (χ1) is 7.55. The van der Waals surface area contributed by atoms with Crippen LogP contribution in [0.15, 0.2) is 0 Å². The maximum atomic E-state index is 11.6. The third-order valence-corrected chi connectivity index (χ3v) is 2.24. The first-order valence-corrected chi connectivity index (χ1v) is 5.12. The SMILES string of the molecule is CC(C)(C)C(N)C(=O)NC(CC(N)=O)C(=O)O. The summed E-state index contributed by atoms with van der Waals surface area (Å²) in [7, 11) is 0. The van der Waals surface area contributed by atoms with E-state index >= 15 is 0 Å². The normalized spacial score (nSPS) is 14.8. The Labute approximate surface area is 99.5 Å². The van der Waals surface area contributed by atoms with Crippen molar-refractivity contribution in [1.29, 1.82) is 0 Å². The monoisotopic (exact) mass is 245 g/mol. The zero-order chi connectivity index (χ0) is 13.8. The highest BCUT2D eigenvalue weighted by Crippen LogP contribution is 2.17. The van der Waals surface area contributed by atoms with Crippen molar-refractivity contribution >= 4 is 17.8 Å². The lowest BCUT2D eigenvalue weighted by Crippen LogP contribution is -2.53. The second-order valence-corrected chi connectivity index (χ2v) is 4.91. The van der Waals surface area contributed by atoms with Crippen LogP contribution in [0.5, 0.6) is 0 Å². The summed E-state index contributed by atoms with van der Waals surface area (Å²) in [5, 5.41) is 11.0. The molecule has 0 aliphatic rings. The van der Waals surface area contributed by atoms with Gasteiger partial charge in [-0.15, -0.1) is 0 Å². The molecule has 0 rings (SSSR count). The Bertz CT molecular complexity index is 322. The van der Waals surface area contributed by atoms with Crippen LogP contribution in [0.25, 0.3) is 0 Å². The van der Waals surface area contributed by atoms with Crippen LogP contribution in [0.1, 0.15) is 27.2 Å². The average Bonchev–Trinajstić information content (AvgIpc) is 2.13. The zero-order valence-corrected chi connectivity index (χ0v) is 10.2. The molecule has 0 aromatic carbocycles. The molecule has 7 nitrogen and oxygen atoms in total. The van der Waals surface area contributed by atoms with Gasteiger partial charge in [-0.25, -0.2) is 4.79 Å². The summed E-state index contributed by atoms with van der Waals surface area (Å²) < 4.78 is 0. The number of hydrogen-bond acceptors (Lipinski definition) is 4. The average molecular weight is 245 g/mol. The summed E-state index contributed by atoms with van der Waals surface area (Å²) in [5.41, 5.74) is 10.0. The van der Waals surface area contributed by atoms with E-state index in [4.69, 9.17) is 16.6 Å². The predicted molar refractivity (Wildman–Crippen MR) is 60.8 cm³/mol. The molecule has 0 aliphatic heterocycles. The number of carbonyl (C=O) groups is 3. The summed E-state index contributed by atoms with van der Waals surface area (Å²) in [6, 6.07) is -2.20. The standard InChI is InChI=1S/C10H19N3O4/c1-10(2,3)7(12)8(15)13-5(9(16)17)4-6(11)14/h5,7H,4,12H2,1-3H3,(H2,11,14)(H,13,15)(H,16,17). The molecule has 0 saturated carbocycles. The number of carboxylic acids is 1. The number of carboxylic acid groups (broad SMARTS) is 1. The zero-order valence-electron chi connectivity index (χ0n) is 10.2. The van der Waals surface area contributed by atoms with E-state index in [-0.39, 0.29) is 0 Å². The Morgan fingerprint density at radius 2 is 1.76 bits per heavy atom. The number of hydrogen-bond donors (Lipinski definition) is 4. The third kappa shape index (κ3) is 5.30. The third-order valence-electron chi connectivity index (χ3n) is 2.24. The van der Waals surface area contributed by atoms with Crippen LogP contribution >= 0.6 is 0 Å². The molecule has 0 aliphatic carbocycles. The van der Waals surface area contributed by atoms with Gasteiger partial charge in [-0.05, 0) is 5.41 Å². The summed E-state index contributed by atoms with van der Waals surface area (Å²) in [4.78, 5) is 33.1. The molecule has 98 valence electrons. The molecule has 0 aromatic rings. The van der Waals surface area contributed by atoms with Gasteiger partial charge in [0.2, 0.25) is 11.8 Å². The number of nitrogens with one attached hydrogen (secondary N) is 1. The maximum absolute atomic E-state index is 11.6. The summed E-state index contributed by atoms with van der Waals surface area (Å²) in [5.74, 6) is -2.74. The fourth-order valence-corrected chi connectivity index (χ4v) is 1.06. The number of carbonyl (C=O) groups excluding carboxylic acids is 2. The first kappa shape index (κ1) is 15.4. The molecule has 0 aromatic heterocycles. The van der Waals surface area contributed by atoms with Gasteiger partial charge < -0.3 is 21.9 Å². The van der Waals surface area contributed by atoms with Crippen molar-refractivity contribution in [3.05, 3.63) is 0 Å². The lowest BCUT2D eigenvalue weighted by Gasteiger charge is -2.27. The molecule has 0 saturated heterocycles. The molecule has 2 amide bonds. The summed E-state index contributed by atoms with van der Waals surface area (Å²) >= 11 is 0. The van der Waals surface area contributed by atoms with Crippen molar-refractivity contribution < 1.29 is 19.5 Å². The van der Waals surface area contributed by atoms with Crippen LogP contribution in [0.3, 0.4) is 0 Å². The quantitative estimate of drug-likeness (QED) is 0.482. The molecule has 0 spiro atoms. The Balaban J connectivity index is 4.62. The highest BCUT2D eigenvalue weighted by atomic mass is 16.4. The molecular formula is C10H19N3O4. The van der Waals surface area contributed by atoms with Gasteiger partial charge in [0, 0.05) is 0 Å². The molecule has 0 fully saturated rings. The van der Waals surface area contributed by atoms with Crippen LogP contribution < -0.4 is 16.8 Å². The molecule has 6 N–H and O–H groups in total. The van der Waals surface area contributed by atoms with Crippen LogP contribution in [0.2, 0.25) is 0 Å². The number of nitrogens with two attached hydrogens (primary N) is 2. The molecule has 2 unspecified atom stereocenters. The molecule has 7 heteroatoms. The lowest BCUT2D eigenvalue weighted by atomic mass is 9.87. The predicted octanol–water partition coefficient (Wildman–Crippen LogP) is -1.20. The minimum Gasteiger partial charge on any atom is -0.480 e. The van der Waals surface area contributed by atoms with Gasteiger partial charge in [-0.2, -0.15) is 0 Å². The Morgan fingerprint density at radius 3 is 2.06 bits per heavy atom. The van der Waals surface area contributed by atoms with Gasteiger partial charge in [-0.1, -0.05) is 20.8 Å². The Morgan fingerprint density at radius 1 is 1.29 bits per heavy atom. The van der Waals surface area contributed by atoms with Crippen LogP contribution in [0.4, 0.5) is 0 Å². The van der Waals surface area contributed by atoms with E-state index in [9.17, 15) is 14.4 Å². The molecule has 0 heterocycles. The van der Waals surface area contributed by atoms with E-state index in [0.29, 0.717) is 0 Å².